The molecule has 0 spiro atoms. The maximum Gasteiger partial charge on any atom is 0.435 e. The molecule has 1 heterocycles. The molecule has 0 amide bonds. The summed E-state index contributed by atoms with van der Waals surface area (Å²) in [5, 5.41) is 3.71. The summed E-state index contributed by atoms with van der Waals surface area (Å²) in [4.78, 5) is 0. The lowest BCUT2D eigenvalue weighted by Crippen LogP contribution is -2.08. The Morgan fingerprint density at radius 1 is 1.16 bits per heavy atom. The fourth-order valence-corrected chi connectivity index (χ4v) is 1.91. The Kier molecular flexibility index (Phi) is 3.39. The molecule has 0 aliphatic carbocycles. The summed E-state index contributed by atoms with van der Waals surface area (Å²) in [6.07, 6.45) is -4.42. The molecular weight excluding hydrogens is 253 g/mol. The molecule has 1 aromatic carbocycles. The zero-order valence-electron chi connectivity index (χ0n) is 11.0. The zero-order valence-corrected chi connectivity index (χ0v) is 11.0. The summed E-state index contributed by atoms with van der Waals surface area (Å²) in [5.74, 6) is -0.0379. The number of nitrogens with zero attached hydrogens (tertiary/aromatic N) is 2. The molecule has 0 saturated carbocycles. The van der Waals surface area contributed by atoms with E-state index < -0.39 is 11.9 Å². The molecule has 19 heavy (non-hydrogen) atoms. The molecule has 5 heteroatoms. The van der Waals surface area contributed by atoms with Crippen LogP contribution in [0.1, 0.15) is 36.7 Å². The molecule has 2 rings (SSSR count). The first kappa shape index (κ1) is 13.6. The van der Waals surface area contributed by atoms with E-state index in [4.69, 9.17) is 0 Å². The maximum atomic E-state index is 12.8. The van der Waals surface area contributed by atoms with Gasteiger partial charge in [-0.05, 0) is 36.6 Å². The van der Waals surface area contributed by atoms with Gasteiger partial charge in [0.15, 0.2) is 5.69 Å². The van der Waals surface area contributed by atoms with Crippen molar-refractivity contribution < 1.29 is 13.2 Å². The van der Waals surface area contributed by atoms with Gasteiger partial charge in [-0.2, -0.15) is 18.3 Å². The van der Waals surface area contributed by atoms with Gasteiger partial charge in [0.25, 0.3) is 0 Å². The van der Waals surface area contributed by atoms with Gasteiger partial charge >= 0.3 is 6.18 Å². The van der Waals surface area contributed by atoms with E-state index in [1.54, 1.807) is 6.07 Å². The van der Waals surface area contributed by atoms with Gasteiger partial charge in [0, 0.05) is 5.69 Å². The van der Waals surface area contributed by atoms with Crippen LogP contribution in [0.2, 0.25) is 0 Å². The molecule has 0 unspecified atom stereocenters. The zero-order chi connectivity index (χ0) is 14.2. The van der Waals surface area contributed by atoms with Crippen molar-refractivity contribution >= 4 is 0 Å². The lowest BCUT2D eigenvalue weighted by Gasteiger charge is -2.10. The number of aryl methyl sites for hydroxylation is 1. The highest BCUT2D eigenvalue weighted by Crippen LogP contribution is 2.31. The minimum Gasteiger partial charge on any atom is -0.237 e. The Bertz CT molecular complexity index is 583. The van der Waals surface area contributed by atoms with Crippen LogP contribution in [-0.2, 0) is 6.18 Å². The highest BCUT2D eigenvalue weighted by atomic mass is 19.4. The van der Waals surface area contributed by atoms with Crippen LogP contribution in [0.4, 0.5) is 13.2 Å². The lowest BCUT2D eigenvalue weighted by molar-refractivity contribution is -0.141. The van der Waals surface area contributed by atoms with Crippen molar-refractivity contribution in [1.29, 1.82) is 0 Å². The fourth-order valence-electron chi connectivity index (χ4n) is 1.91. The third-order valence-electron chi connectivity index (χ3n) is 2.87. The van der Waals surface area contributed by atoms with Gasteiger partial charge in [-0.15, -0.1) is 0 Å². The third kappa shape index (κ3) is 2.80. The number of alkyl halides is 3. The second kappa shape index (κ2) is 4.72. The van der Waals surface area contributed by atoms with Gasteiger partial charge in [0.2, 0.25) is 0 Å². The van der Waals surface area contributed by atoms with E-state index in [9.17, 15) is 13.2 Å². The summed E-state index contributed by atoms with van der Waals surface area (Å²) in [6.45, 7) is 5.60. The minimum absolute atomic E-state index is 0.0379. The van der Waals surface area contributed by atoms with Crippen LogP contribution in [0.5, 0.6) is 0 Å². The first-order chi connectivity index (χ1) is 8.79. The molecule has 2 aromatic rings. The second-order valence-corrected chi connectivity index (χ2v) is 4.86. The standard InChI is InChI=1S/C14H15F3N2/c1-9(2)12-8-13(14(15,16)17)18-19(12)11-6-4-5-10(3)7-11/h4-9H,1-3H3. The van der Waals surface area contributed by atoms with E-state index in [0.29, 0.717) is 11.4 Å². The van der Waals surface area contributed by atoms with Crippen molar-refractivity contribution in [2.75, 3.05) is 0 Å². The molecular formula is C14H15F3N2. The first-order valence-corrected chi connectivity index (χ1v) is 6.03. The average Bonchev–Trinajstić information content (AvgIpc) is 2.73. The Morgan fingerprint density at radius 3 is 2.37 bits per heavy atom. The Balaban J connectivity index is 2.59. The van der Waals surface area contributed by atoms with Crippen molar-refractivity contribution in [3.8, 4) is 5.69 Å². The summed E-state index contributed by atoms with van der Waals surface area (Å²) >= 11 is 0. The molecule has 102 valence electrons. The smallest absolute Gasteiger partial charge is 0.237 e. The van der Waals surface area contributed by atoms with Gasteiger partial charge < -0.3 is 0 Å². The Labute approximate surface area is 109 Å². The predicted molar refractivity (Wildman–Crippen MR) is 67.4 cm³/mol. The molecule has 0 aliphatic rings. The topological polar surface area (TPSA) is 17.8 Å². The number of rotatable bonds is 2. The minimum atomic E-state index is -4.42. The lowest BCUT2D eigenvalue weighted by atomic mass is 10.1. The molecule has 0 fully saturated rings. The molecule has 2 nitrogen and oxygen atoms in total. The number of hydrogen-bond donors (Lipinski definition) is 0. The van der Waals surface area contributed by atoms with Crippen LogP contribution in [0, 0.1) is 6.92 Å². The summed E-state index contributed by atoms with van der Waals surface area (Å²) < 4.78 is 39.7. The Hall–Kier alpha value is -1.78. The molecule has 0 radical (unpaired) electrons. The van der Waals surface area contributed by atoms with E-state index in [2.05, 4.69) is 5.10 Å². The third-order valence-corrected chi connectivity index (χ3v) is 2.87. The highest BCUT2D eigenvalue weighted by Gasteiger charge is 2.35. The highest BCUT2D eigenvalue weighted by molar-refractivity contribution is 5.37. The molecule has 0 saturated heterocycles. The van der Waals surface area contributed by atoms with Gasteiger partial charge in [-0.3, -0.25) is 0 Å². The molecule has 0 N–H and O–H groups in total. The first-order valence-electron chi connectivity index (χ1n) is 6.03. The normalized spacial score (nSPS) is 12.2. The predicted octanol–water partition coefficient (Wildman–Crippen LogP) is 4.32. The van der Waals surface area contributed by atoms with Gasteiger partial charge in [0.1, 0.15) is 0 Å². The Morgan fingerprint density at radius 2 is 1.84 bits per heavy atom. The van der Waals surface area contributed by atoms with Gasteiger partial charge in [0.05, 0.1) is 5.69 Å². The fraction of sp³-hybridized carbons (Fsp3) is 0.357. The van der Waals surface area contributed by atoms with E-state index in [1.807, 2.05) is 39.0 Å². The summed E-state index contributed by atoms with van der Waals surface area (Å²) in [6, 6.07) is 8.40. The van der Waals surface area contributed by atoms with Crippen LogP contribution in [-0.4, -0.2) is 9.78 Å². The van der Waals surface area contributed by atoms with Crippen molar-refractivity contribution in [3.05, 3.63) is 47.3 Å². The van der Waals surface area contributed by atoms with E-state index in [1.165, 1.54) is 4.68 Å². The van der Waals surface area contributed by atoms with E-state index in [-0.39, 0.29) is 5.92 Å². The molecule has 0 atom stereocenters. The van der Waals surface area contributed by atoms with Crippen molar-refractivity contribution in [3.63, 3.8) is 0 Å². The largest absolute Gasteiger partial charge is 0.435 e. The van der Waals surface area contributed by atoms with E-state index >= 15 is 0 Å². The van der Waals surface area contributed by atoms with Crippen LogP contribution < -0.4 is 0 Å². The number of benzene rings is 1. The van der Waals surface area contributed by atoms with Crippen LogP contribution in [0.25, 0.3) is 5.69 Å². The quantitative estimate of drug-likeness (QED) is 0.793. The molecule has 0 bridgehead atoms. The van der Waals surface area contributed by atoms with Crippen LogP contribution in [0.15, 0.2) is 30.3 Å². The summed E-state index contributed by atoms with van der Waals surface area (Å²) in [7, 11) is 0. The average molecular weight is 268 g/mol. The van der Waals surface area contributed by atoms with E-state index in [0.717, 1.165) is 11.6 Å². The number of hydrogen-bond acceptors (Lipinski definition) is 1. The van der Waals surface area contributed by atoms with Crippen LogP contribution in [0.3, 0.4) is 0 Å². The SMILES string of the molecule is Cc1cccc(-n2nc(C(F)(F)F)cc2C(C)C)c1. The monoisotopic (exact) mass is 268 g/mol. The van der Waals surface area contributed by atoms with Gasteiger partial charge in [-0.1, -0.05) is 26.0 Å². The van der Waals surface area contributed by atoms with Crippen molar-refractivity contribution in [1.82, 2.24) is 9.78 Å². The molecule has 1 aromatic heterocycles. The summed E-state index contributed by atoms with van der Waals surface area (Å²) in [5.41, 5.74) is 1.34. The van der Waals surface area contributed by atoms with Crippen molar-refractivity contribution in [2.24, 2.45) is 0 Å². The van der Waals surface area contributed by atoms with Gasteiger partial charge in [-0.25, -0.2) is 4.68 Å². The maximum absolute atomic E-state index is 12.8. The number of aromatic nitrogens is 2. The number of halogens is 3. The second-order valence-electron chi connectivity index (χ2n) is 4.86. The molecule has 0 aliphatic heterocycles. The van der Waals surface area contributed by atoms with Crippen LogP contribution >= 0.6 is 0 Å². The van der Waals surface area contributed by atoms with Crippen molar-refractivity contribution in [2.45, 2.75) is 32.9 Å².